The first-order chi connectivity index (χ1) is 9.76. The SMILES string of the molecule is Cc1cncc(C(=O)C2CCN(C(=O)OC(C)(C)C)C2)c1. The monoisotopic (exact) mass is 290 g/mol. The first-order valence-corrected chi connectivity index (χ1v) is 7.20. The van der Waals surface area contributed by atoms with Gasteiger partial charge in [0.25, 0.3) is 0 Å². The molecule has 1 aliphatic heterocycles. The van der Waals surface area contributed by atoms with Crippen LogP contribution in [0.15, 0.2) is 18.5 Å². The number of Topliss-reactive ketones (excluding diaryl/α,β-unsaturated/α-hetero) is 1. The maximum atomic E-state index is 12.4. The number of amides is 1. The highest BCUT2D eigenvalue weighted by molar-refractivity contribution is 5.98. The summed E-state index contributed by atoms with van der Waals surface area (Å²) in [6.07, 6.45) is 3.63. The highest BCUT2D eigenvalue weighted by atomic mass is 16.6. The molecule has 0 spiro atoms. The Balaban J connectivity index is 1.99. The lowest BCUT2D eigenvalue weighted by molar-refractivity contribution is 0.0289. The molecule has 1 saturated heterocycles. The molecular formula is C16H22N2O3. The quantitative estimate of drug-likeness (QED) is 0.786. The second kappa shape index (κ2) is 5.84. The van der Waals surface area contributed by atoms with Gasteiger partial charge in [0, 0.05) is 37.0 Å². The van der Waals surface area contributed by atoms with Gasteiger partial charge in [-0.25, -0.2) is 4.79 Å². The van der Waals surface area contributed by atoms with E-state index in [2.05, 4.69) is 4.98 Å². The van der Waals surface area contributed by atoms with Gasteiger partial charge in [-0.15, -0.1) is 0 Å². The molecule has 5 heteroatoms. The Morgan fingerprint density at radius 3 is 2.67 bits per heavy atom. The number of nitrogens with zero attached hydrogens (tertiary/aromatic N) is 2. The van der Waals surface area contributed by atoms with Crippen LogP contribution in [0.2, 0.25) is 0 Å². The highest BCUT2D eigenvalue weighted by Crippen LogP contribution is 2.23. The zero-order valence-electron chi connectivity index (χ0n) is 13.0. The van der Waals surface area contributed by atoms with E-state index in [0.717, 1.165) is 5.56 Å². The van der Waals surface area contributed by atoms with Gasteiger partial charge in [0.15, 0.2) is 5.78 Å². The van der Waals surface area contributed by atoms with Crippen LogP contribution in [0.1, 0.15) is 43.1 Å². The van der Waals surface area contributed by atoms with Crippen molar-refractivity contribution in [3.8, 4) is 0 Å². The number of carbonyl (C=O) groups is 2. The van der Waals surface area contributed by atoms with Crippen molar-refractivity contribution >= 4 is 11.9 Å². The van der Waals surface area contributed by atoms with Crippen molar-refractivity contribution in [2.75, 3.05) is 13.1 Å². The molecule has 2 rings (SSSR count). The number of carbonyl (C=O) groups excluding carboxylic acids is 2. The standard InChI is InChI=1S/C16H22N2O3/c1-11-7-13(9-17-8-11)14(19)12-5-6-18(10-12)15(20)21-16(2,3)4/h7-9,12H,5-6,10H2,1-4H3. The van der Waals surface area contributed by atoms with Crippen LogP contribution in [0.25, 0.3) is 0 Å². The molecule has 1 amide bonds. The van der Waals surface area contributed by atoms with E-state index in [4.69, 9.17) is 4.74 Å². The molecule has 5 nitrogen and oxygen atoms in total. The van der Waals surface area contributed by atoms with Crippen molar-refractivity contribution in [1.29, 1.82) is 0 Å². The smallest absolute Gasteiger partial charge is 0.410 e. The lowest BCUT2D eigenvalue weighted by Gasteiger charge is -2.24. The van der Waals surface area contributed by atoms with Crippen LogP contribution >= 0.6 is 0 Å². The maximum absolute atomic E-state index is 12.4. The molecule has 114 valence electrons. The molecular weight excluding hydrogens is 268 g/mol. The largest absolute Gasteiger partial charge is 0.444 e. The average Bonchev–Trinajstić information content (AvgIpc) is 2.85. The third-order valence-corrected chi connectivity index (χ3v) is 3.37. The van der Waals surface area contributed by atoms with E-state index in [1.807, 2.05) is 33.8 Å². The minimum Gasteiger partial charge on any atom is -0.444 e. The van der Waals surface area contributed by atoms with Crippen LogP contribution in [0, 0.1) is 12.8 Å². The second-order valence-corrected chi connectivity index (χ2v) is 6.53. The average molecular weight is 290 g/mol. The Morgan fingerprint density at radius 2 is 2.05 bits per heavy atom. The summed E-state index contributed by atoms with van der Waals surface area (Å²) in [7, 11) is 0. The lowest BCUT2D eigenvalue weighted by Crippen LogP contribution is -2.35. The van der Waals surface area contributed by atoms with Crippen molar-refractivity contribution in [1.82, 2.24) is 9.88 Å². The third kappa shape index (κ3) is 4.03. The van der Waals surface area contributed by atoms with Crippen molar-refractivity contribution in [2.45, 2.75) is 39.7 Å². The molecule has 1 fully saturated rings. The van der Waals surface area contributed by atoms with Gasteiger partial charge in [0.05, 0.1) is 0 Å². The fourth-order valence-electron chi connectivity index (χ4n) is 2.39. The number of hydrogen-bond acceptors (Lipinski definition) is 4. The van der Waals surface area contributed by atoms with Gasteiger partial charge in [0.2, 0.25) is 0 Å². The maximum Gasteiger partial charge on any atom is 0.410 e. The molecule has 2 heterocycles. The van der Waals surface area contributed by atoms with Gasteiger partial charge in [0.1, 0.15) is 5.60 Å². The highest BCUT2D eigenvalue weighted by Gasteiger charge is 2.33. The summed E-state index contributed by atoms with van der Waals surface area (Å²) in [6, 6.07) is 1.84. The molecule has 0 N–H and O–H groups in total. The Bertz CT molecular complexity index is 549. The van der Waals surface area contributed by atoms with Crippen molar-refractivity contribution < 1.29 is 14.3 Å². The van der Waals surface area contributed by atoms with Crippen LogP contribution in [-0.4, -0.2) is 40.5 Å². The molecule has 1 aromatic heterocycles. The van der Waals surface area contributed by atoms with Crippen LogP contribution in [0.5, 0.6) is 0 Å². The van der Waals surface area contributed by atoms with Crippen LogP contribution in [-0.2, 0) is 4.74 Å². The number of pyridine rings is 1. The van der Waals surface area contributed by atoms with Crippen LogP contribution in [0.4, 0.5) is 4.79 Å². The van der Waals surface area contributed by atoms with Gasteiger partial charge >= 0.3 is 6.09 Å². The first kappa shape index (κ1) is 15.5. The normalized spacial score (nSPS) is 18.7. The van der Waals surface area contributed by atoms with E-state index >= 15 is 0 Å². The first-order valence-electron chi connectivity index (χ1n) is 7.20. The summed E-state index contributed by atoms with van der Waals surface area (Å²) in [5.74, 6) is -0.113. The van der Waals surface area contributed by atoms with E-state index in [1.54, 1.807) is 17.3 Å². The van der Waals surface area contributed by atoms with E-state index in [1.165, 1.54) is 0 Å². The minimum absolute atomic E-state index is 0.0530. The summed E-state index contributed by atoms with van der Waals surface area (Å²) in [6.45, 7) is 8.39. The van der Waals surface area contributed by atoms with E-state index in [-0.39, 0.29) is 17.8 Å². The van der Waals surface area contributed by atoms with E-state index < -0.39 is 5.60 Å². The predicted octanol–water partition coefficient (Wildman–Crippen LogP) is 2.83. The molecule has 1 atom stereocenters. The minimum atomic E-state index is -0.514. The Labute approximate surface area is 125 Å². The van der Waals surface area contributed by atoms with Crippen molar-refractivity contribution in [3.05, 3.63) is 29.6 Å². The fourth-order valence-corrected chi connectivity index (χ4v) is 2.39. The van der Waals surface area contributed by atoms with Crippen LogP contribution in [0.3, 0.4) is 0 Å². The zero-order chi connectivity index (χ0) is 15.6. The van der Waals surface area contributed by atoms with Gasteiger partial charge in [-0.05, 0) is 45.7 Å². The van der Waals surface area contributed by atoms with E-state index in [9.17, 15) is 9.59 Å². The Hall–Kier alpha value is -1.91. The molecule has 0 aromatic carbocycles. The summed E-state index contributed by atoms with van der Waals surface area (Å²) in [4.78, 5) is 30.1. The molecule has 0 aliphatic carbocycles. The van der Waals surface area contributed by atoms with E-state index in [0.29, 0.717) is 25.1 Å². The number of ketones is 1. The topological polar surface area (TPSA) is 59.5 Å². The predicted molar refractivity (Wildman–Crippen MR) is 79.2 cm³/mol. The molecule has 1 aliphatic rings. The fraction of sp³-hybridized carbons (Fsp3) is 0.562. The Kier molecular flexibility index (Phi) is 4.30. The van der Waals surface area contributed by atoms with Crippen molar-refractivity contribution in [3.63, 3.8) is 0 Å². The summed E-state index contributed by atoms with van der Waals surface area (Å²) in [5.41, 5.74) is 1.06. The number of ether oxygens (including phenoxy) is 1. The molecule has 0 bridgehead atoms. The number of likely N-dealkylation sites (tertiary alicyclic amines) is 1. The number of aromatic nitrogens is 1. The van der Waals surface area contributed by atoms with Gasteiger partial charge in [-0.2, -0.15) is 0 Å². The van der Waals surface area contributed by atoms with Crippen molar-refractivity contribution in [2.24, 2.45) is 5.92 Å². The van der Waals surface area contributed by atoms with Gasteiger partial charge in [-0.3, -0.25) is 9.78 Å². The third-order valence-electron chi connectivity index (χ3n) is 3.37. The summed E-state index contributed by atoms with van der Waals surface area (Å²) in [5, 5.41) is 0. The second-order valence-electron chi connectivity index (χ2n) is 6.53. The summed E-state index contributed by atoms with van der Waals surface area (Å²) >= 11 is 0. The van der Waals surface area contributed by atoms with Crippen LogP contribution < -0.4 is 0 Å². The molecule has 0 radical (unpaired) electrons. The number of hydrogen-bond donors (Lipinski definition) is 0. The Morgan fingerprint density at radius 1 is 1.33 bits per heavy atom. The molecule has 21 heavy (non-hydrogen) atoms. The summed E-state index contributed by atoms with van der Waals surface area (Å²) < 4.78 is 5.34. The molecule has 1 aromatic rings. The lowest BCUT2D eigenvalue weighted by atomic mass is 9.97. The number of aryl methyl sites for hydroxylation is 1. The number of rotatable bonds is 2. The van der Waals surface area contributed by atoms with Gasteiger partial charge < -0.3 is 9.64 Å². The molecule has 1 unspecified atom stereocenters. The van der Waals surface area contributed by atoms with Gasteiger partial charge in [-0.1, -0.05) is 0 Å². The zero-order valence-corrected chi connectivity index (χ0v) is 13.0. The molecule has 0 saturated carbocycles.